The second kappa shape index (κ2) is 6.02. The monoisotopic (exact) mass is 316 g/mol. The molecule has 0 aromatic heterocycles. The van der Waals surface area contributed by atoms with E-state index in [0.29, 0.717) is 17.2 Å². The summed E-state index contributed by atoms with van der Waals surface area (Å²) in [6.07, 6.45) is 2.55. The number of hydrogen-bond donors (Lipinski definition) is 3. The third-order valence-electron chi connectivity index (χ3n) is 4.48. The first-order valence-electron chi connectivity index (χ1n) is 7.90. The van der Waals surface area contributed by atoms with Gasteiger partial charge in [0.1, 0.15) is 6.04 Å². The molecule has 0 heterocycles. The number of rotatable bonds is 6. The minimum absolute atomic E-state index is 0.0238. The van der Waals surface area contributed by atoms with Gasteiger partial charge in [-0.3, -0.25) is 9.59 Å². The number of hydrogen-bond acceptors (Lipinski definition) is 3. The van der Waals surface area contributed by atoms with Crippen molar-refractivity contribution >= 4 is 23.5 Å². The molecule has 2 saturated carbocycles. The fraction of sp³-hybridized carbons (Fsp3) is 0.471. The van der Waals surface area contributed by atoms with Crippen molar-refractivity contribution in [1.29, 1.82) is 0 Å². The van der Waals surface area contributed by atoms with E-state index in [0.717, 1.165) is 19.3 Å². The summed E-state index contributed by atoms with van der Waals surface area (Å²) in [6.45, 7) is 2.03. The van der Waals surface area contributed by atoms with E-state index < -0.39 is 17.9 Å². The summed E-state index contributed by atoms with van der Waals surface area (Å²) in [6, 6.07) is 5.74. The van der Waals surface area contributed by atoms with Gasteiger partial charge in [-0.1, -0.05) is 13.0 Å². The Bertz CT molecular complexity index is 654. The zero-order valence-electron chi connectivity index (χ0n) is 12.9. The van der Waals surface area contributed by atoms with Crippen molar-refractivity contribution in [3.8, 4) is 0 Å². The van der Waals surface area contributed by atoms with Crippen molar-refractivity contribution in [3.05, 3.63) is 29.8 Å². The molecule has 1 aromatic rings. The van der Waals surface area contributed by atoms with E-state index >= 15 is 0 Å². The van der Waals surface area contributed by atoms with Gasteiger partial charge in [0, 0.05) is 17.2 Å². The maximum atomic E-state index is 12.2. The highest BCUT2D eigenvalue weighted by atomic mass is 16.4. The van der Waals surface area contributed by atoms with Crippen LogP contribution in [0.2, 0.25) is 0 Å². The molecule has 0 aliphatic heterocycles. The van der Waals surface area contributed by atoms with Crippen LogP contribution >= 0.6 is 0 Å². The second-order valence-corrected chi connectivity index (χ2v) is 6.52. The quantitative estimate of drug-likeness (QED) is 0.746. The van der Waals surface area contributed by atoms with Gasteiger partial charge in [0.25, 0.3) is 5.91 Å². The molecule has 3 unspecified atom stereocenters. The highest BCUT2D eigenvalue weighted by Crippen LogP contribution is 2.38. The van der Waals surface area contributed by atoms with Gasteiger partial charge in [-0.2, -0.15) is 0 Å². The van der Waals surface area contributed by atoms with E-state index in [1.807, 2.05) is 6.92 Å². The van der Waals surface area contributed by atoms with Crippen molar-refractivity contribution in [3.63, 3.8) is 0 Å². The van der Waals surface area contributed by atoms with Gasteiger partial charge < -0.3 is 15.7 Å². The molecule has 3 rings (SSSR count). The molecule has 2 amide bonds. The summed E-state index contributed by atoms with van der Waals surface area (Å²) in [7, 11) is 0. The van der Waals surface area contributed by atoms with Crippen LogP contribution in [-0.2, 0) is 9.59 Å². The Hall–Kier alpha value is -2.37. The topological polar surface area (TPSA) is 95.5 Å². The molecule has 2 aliphatic rings. The number of nitrogens with one attached hydrogen (secondary N) is 2. The van der Waals surface area contributed by atoms with Gasteiger partial charge >= 0.3 is 5.97 Å². The molecule has 0 saturated heterocycles. The van der Waals surface area contributed by atoms with Crippen molar-refractivity contribution in [2.75, 3.05) is 5.32 Å². The molecule has 2 fully saturated rings. The number of anilines is 1. The predicted molar refractivity (Wildman–Crippen MR) is 84.0 cm³/mol. The van der Waals surface area contributed by atoms with Crippen LogP contribution in [0.15, 0.2) is 24.3 Å². The van der Waals surface area contributed by atoms with Crippen molar-refractivity contribution < 1.29 is 19.5 Å². The lowest BCUT2D eigenvalue weighted by atomic mass is 10.1. The van der Waals surface area contributed by atoms with E-state index in [-0.39, 0.29) is 17.7 Å². The molecular weight excluding hydrogens is 296 g/mol. The average Bonchev–Trinajstić information content (AvgIpc) is 3.40. The van der Waals surface area contributed by atoms with Gasteiger partial charge in [0.15, 0.2) is 0 Å². The number of carbonyl (C=O) groups is 3. The van der Waals surface area contributed by atoms with Crippen molar-refractivity contribution in [2.24, 2.45) is 17.8 Å². The Morgan fingerprint density at radius 1 is 1.26 bits per heavy atom. The van der Waals surface area contributed by atoms with Gasteiger partial charge in [0.05, 0.1) is 0 Å². The van der Waals surface area contributed by atoms with Crippen molar-refractivity contribution in [1.82, 2.24) is 5.32 Å². The molecule has 0 bridgehead atoms. The van der Waals surface area contributed by atoms with Gasteiger partial charge in [-0.25, -0.2) is 4.79 Å². The zero-order valence-corrected chi connectivity index (χ0v) is 12.9. The van der Waals surface area contributed by atoms with Gasteiger partial charge in [-0.15, -0.1) is 0 Å². The molecule has 3 N–H and O–H groups in total. The SMILES string of the molecule is CC1CC1C(=O)Nc1cccc(C(=O)NC(C(=O)O)C2CC2)c1. The van der Waals surface area contributed by atoms with Crippen LogP contribution in [0.3, 0.4) is 0 Å². The molecule has 0 radical (unpaired) electrons. The van der Waals surface area contributed by atoms with Gasteiger partial charge in [0.2, 0.25) is 5.91 Å². The minimum Gasteiger partial charge on any atom is -0.480 e. The summed E-state index contributed by atoms with van der Waals surface area (Å²) in [5.74, 6) is -0.976. The average molecular weight is 316 g/mol. The van der Waals surface area contributed by atoms with E-state index in [1.54, 1.807) is 24.3 Å². The normalized spacial score (nSPS) is 23.7. The van der Waals surface area contributed by atoms with Crippen LogP contribution in [0.1, 0.15) is 36.5 Å². The van der Waals surface area contributed by atoms with E-state index in [9.17, 15) is 19.5 Å². The first-order valence-corrected chi connectivity index (χ1v) is 7.90. The Morgan fingerprint density at radius 2 is 1.96 bits per heavy atom. The minimum atomic E-state index is -1.01. The fourth-order valence-corrected chi connectivity index (χ4v) is 2.70. The fourth-order valence-electron chi connectivity index (χ4n) is 2.70. The maximum absolute atomic E-state index is 12.2. The van der Waals surface area contributed by atoms with Crippen LogP contribution < -0.4 is 10.6 Å². The largest absolute Gasteiger partial charge is 0.480 e. The molecule has 6 nitrogen and oxygen atoms in total. The first kappa shape index (κ1) is 15.5. The molecule has 2 aliphatic carbocycles. The molecule has 3 atom stereocenters. The lowest BCUT2D eigenvalue weighted by Crippen LogP contribution is -2.42. The van der Waals surface area contributed by atoms with Crippen LogP contribution in [0.4, 0.5) is 5.69 Å². The standard InChI is InChI=1S/C17H20N2O4/c1-9-7-13(9)16(21)18-12-4-2-3-11(8-12)15(20)19-14(17(22)23)10-5-6-10/h2-4,8-10,13-14H,5-7H2,1H3,(H,18,21)(H,19,20)(H,22,23). The Balaban J connectivity index is 1.65. The molecule has 23 heavy (non-hydrogen) atoms. The molecule has 122 valence electrons. The Labute approximate surface area is 134 Å². The maximum Gasteiger partial charge on any atom is 0.326 e. The highest BCUT2D eigenvalue weighted by molar-refractivity contribution is 5.99. The Kier molecular flexibility index (Phi) is 4.07. The summed E-state index contributed by atoms with van der Waals surface area (Å²) < 4.78 is 0. The summed E-state index contributed by atoms with van der Waals surface area (Å²) >= 11 is 0. The molecule has 1 aromatic carbocycles. The third kappa shape index (κ3) is 3.70. The van der Waals surface area contributed by atoms with Crippen LogP contribution in [0.5, 0.6) is 0 Å². The Morgan fingerprint density at radius 3 is 2.52 bits per heavy atom. The lowest BCUT2D eigenvalue weighted by Gasteiger charge is -2.14. The number of benzene rings is 1. The lowest BCUT2D eigenvalue weighted by molar-refractivity contribution is -0.139. The summed E-state index contributed by atoms with van der Waals surface area (Å²) in [5.41, 5.74) is 0.901. The molecule has 0 spiro atoms. The number of amides is 2. The summed E-state index contributed by atoms with van der Waals surface area (Å²) in [4.78, 5) is 35.4. The van der Waals surface area contributed by atoms with Crippen LogP contribution in [0.25, 0.3) is 0 Å². The van der Waals surface area contributed by atoms with Gasteiger partial charge in [-0.05, 0) is 49.3 Å². The number of carboxylic acids is 1. The van der Waals surface area contributed by atoms with Crippen molar-refractivity contribution in [2.45, 2.75) is 32.2 Å². The summed E-state index contributed by atoms with van der Waals surface area (Å²) in [5, 5.41) is 14.5. The van der Waals surface area contributed by atoms with E-state index in [2.05, 4.69) is 10.6 Å². The van der Waals surface area contributed by atoms with E-state index in [4.69, 9.17) is 0 Å². The van der Waals surface area contributed by atoms with Crippen LogP contribution in [-0.4, -0.2) is 28.9 Å². The molecular formula is C17H20N2O4. The van der Waals surface area contributed by atoms with Crippen LogP contribution in [0, 0.1) is 17.8 Å². The predicted octanol–water partition coefficient (Wildman–Crippen LogP) is 1.87. The molecule has 6 heteroatoms. The second-order valence-electron chi connectivity index (χ2n) is 6.52. The highest BCUT2D eigenvalue weighted by Gasteiger charge is 2.39. The smallest absolute Gasteiger partial charge is 0.326 e. The number of carboxylic acid groups (broad SMARTS) is 1. The first-order chi connectivity index (χ1) is 11.0. The number of aliphatic carboxylic acids is 1. The zero-order chi connectivity index (χ0) is 16.6. The third-order valence-corrected chi connectivity index (χ3v) is 4.48. The number of carbonyl (C=O) groups excluding carboxylic acids is 2. The van der Waals surface area contributed by atoms with E-state index in [1.165, 1.54) is 0 Å².